The van der Waals surface area contributed by atoms with E-state index in [1.165, 1.54) is 0 Å². The number of hydrogen-bond acceptors (Lipinski definition) is 3. The van der Waals surface area contributed by atoms with Gasteiger partial charge in [0.05, 0.1) is 4.91 Å². The van der Waals surface area contributed by atoms with E-state index in [9.17, 15) is 13.2 Å². The van der Waals surface area contributed by atoms with Gasteiger partial charge in [-0.15, -0.1) is 0 Å². The molecule has 0 fully saturated rings. The van der Waals surface area contributed by atoms with E-state index in [1.807, 2.05) is 4.72 Å². The molecule has 0 saturated heterocycles. The summed E-state index contributed by atoms with van der Waals surface area (Å²) in [6, 6.07) is 0. The van der Waals surface area contributed by atoms with Crippen LogP contribution in [0.2, 0.25) is 0 Å². The van der Waals surface area contributed by atoms with Gasteiger partial charge in [-0.3, -0.25) is 4.79 Å². The number of hydrogen-bond donors (Lipinski definition) is 1. The molecule has 1 aliphatic heterocycles. The predicted molar refractivity (Wildman–Crippen MR) is 40.0 cm³/mol. The third kappa shape index (κ3) is 1.42. The smallest absolute Gasteiger partial charge is 0.260 e. The summed E-state index contributed by atoms with van der Waals surface area (Å²) in [5.41, 5.74) is 0. The molecule has 0 aromatic rings. The van der Waals surface area contributed by atoms with Crippen molar-refractivity contribution in [2.75, 3.05) is 0 Å². The maximum atomic E-state index is 11.0. The molecular formula is C6H9NO3S. The van der Waals surface area contributed by atoms with Crippen LogP contribution in [0.4, 0.5) is 0 Å². The zero-order valence-corrected chi connectivity index (χ0v) is 7.10. The van der Waals surface area contributed by atoms with Gasteiger partial charge in [0.25, 0.3) is 15.9 Å². The van der Waals surface area contributed by atoms with E-state index in [-0.39, 0.29) is 10.8 Å². The molecule has 0 radical (unpaired) electrons. The molecule has 1 rings (SSSR count). The van der Waals surface area contributed by atoms with Gasteiger partial charge in [0, 0.05) is 6.08 Å². The Morgan fingerprint density at radius 1 is 1.45 bits per heavy atom. The maximum absolute atomic E-state index is 11.0. The lowest BCUT2D eigenvalue weighted by Crippen LogP contribution is -2.23. The number of carbonyl (C=O) groups is 1. The molecular weight excluding hydrogens is 166 g/mol. The Balaban J connectivity index is 3.13. The minimum Gasteiger partial charge on any atom is -0.269 e. The van der Waals surface area contributed by atoms with Crippen molar-refractivity contribution in [2.45, 2.75) is 13.8 Å². The van der Waals surface area contributed by atoms with Crippen molar-refractivity contribution in [3.05, 3.63) is 11.0 Å². The molecule has 4 nitrogen and oxygen atoms in total. The largest absolute Gasteiger partial charge is 0.269 e. The lowest BCUT2D eigenvalue weighted by molar-refractivity contribution is -0.114. The number of amides is 1. The zero-order chi connectivity index (χ0) is 8.65. The number of carbonyl (C=O) groups excluding carboxylic acids is 1. The van der Waals surface area contributed by atoms with Crippen LogP contribution in [-0.4, -0.2) is 14.3 Å². The van der Waals surface area contributed by atoms with Crippen LogP contribution in [0.1, 0.15) is 13.8 Å². The van der Waals surface area contributed by atoms with Crippen LogP contribution in [-0.2, 0) is 14.8 Å². The SMILES string of the molecule is CC(C)C1=CC(=O)NS1(=O)=O. The average Bonchev–Trinajstić information content (AvgIpc) is 2.04. The van der Waals surface area contributed by atoms with Gasteiger partial charge in [0.15, 0.2) is 0 Å². The number of rotatable bonds is 1. The van der Waals surface area contributed by atoms with E-state index in [0.29, 0.717) is 0 Å². The first-order valence-electron chi connectivity index (χ1n) is 3.22. The van der Waals surface area contributed by atoms with Crippen LogP contribution in [0.5, 0.6) is 0 Å². The van der Waals surface area contributed by atoms with Gasteiger partial charge < -0.3 is 0 Å². The van der Waals surface area contributed by atoms with Crippen molar-refractivity contribution in [3.8, 4) is 0 Å². The molecule has 62 valence electrons. The van der Waals surface area contributed by atoms with Crippen molar-refractivity contribution < 1.29 is 13.2 Å². The lowest BCUT2D eigenvalue weighted by atomic mass is 10.2. The molecule has 1 amide bonds. The Hall–Kier alpha value is -0.840. The second kappa shape index (κ2) is 2.34. The van der Waals surface area contributed by atoms with E-state index in [1.54, 1.807) is 13.8 Å². The van der Waals surface area contributed by atoms with E-state index in [4.69, 9.17) is 0 Å². The Morgan fingerprint density at radius 3 is 2.18 bits per heavy atom. The summed E-state index contributed by atoms with van der Waals surface area (Å²) in [4.78, 5) is 10.8. The quantitative estimate of drug-likeness (QED) is 0.609. The van der Waals surface area contributed by atoms with Crippen molar-refractivity contribution in [1.29, 1.82) is 0 Å². The molecule has 1 N–H and O–H groups in total. The van der Waals surface area contributed by atoms with Crippen LogP contribution in [0.3, 0.4) is 0 Å². The highest BCUT2D eigenvalue weighted by Crippen LogP contribution is 2.19. The highest BCUT2D eigenvalue weighted by molar-refractivity contribution is 7.94. The molecule has 1 aliphatic rings. The predicted octanol–water partition coefficient (Wildman–Crippen LogP) is -0.0141. The fourth-order valence-electron chi connectivity index (χ4n) is 0.905. The highest BCUT2D eigenvalue weighted by atomic mass is 32.2. The number of sulfonamides is 1. The monoisotopic (exact) mass is 175 g/mol. The zero-order valence-electron chi connectivity index (χ0n) is 6.29. The molecule has 0 atom stereocenters. The maximum Gasteiger partial charge on any atom is 0.260 e. The summed E-state index contributed by atoms with van der Waals surface area (Å²) in [5, 5.41) is 0. The van der Waals surface area contributed by atoms with Crippen molar-refractivity contribution in [1.82, 2.24) is 4.72 Å². The summed E-state index contributed by atoms with van der Waals surface area (Å²) >= 11 is 0. The Labute approximate surface area is 65.3 Å². The summed E-state index contributed by atoms with van der Waals surface area (Å²) in [6.07, 6.45) is 1.12. The van der Waals surface area contributed by atoms with Crippen LogP contribution in [0.25, 0.3) is 0 Å². The van der Waals surface area contributed by atoms with Gasteiger partial charge in [0.1, 0.15) is 0 Å². The van der Waals surface area contributed by atoms with Crippen molar-refractivity contribution in [2.24, 2.45) is 5.92 Å². The second-order valence-electron chi connectivity index (χ2n) is 2.67. The first-order chi connectivity index (χ1) is 4.93. The molecule has 0 aromatic heterocycles. The van der Waals surface area contributed by atoms with Crippen LogP contribution in [0, 0.1) is 5.92 Å². The summed E-state index contributed by atoms with van der Waals surface area (Å²) in [5.74, 6) is -0.687. The summed E-state index contributed by atoms with van der Waals surface area (Å²) in [6.45, 7) is 3.45. The molecule has 11 heavy (non-hydrogen) atoms. The standard InChI is InChI=1S/C6H9NO3S/c1-4(2)5-3-6(8)7-11(5,9)10/h3-4H,1-2H3,(H,7,8). The molecule has 0 saturated carbocycles. The molecule has 0 aromatic carbocycles. The normalized spacial score (nSPS) is 21.7. The number of nitrogens with one attached hydrogen (secondary N) is 1. The first-order valence-corrected chi connectivity index (χ1v) is 4.70. The van der Waals surface area contributed by atoms with Gasteiger partial charge in [-0.25, -0.2) is 13.1 Å². The molecule has 0 aliphatic carbocycles. The van der Waals surface area contributed by atoms with E-state index in [2.05, 4.69) is 0 Å². The minimum atomic E-state index is -3.47. The Kier molecular flexibility index (Phi) is 1.75. The molecule has 0 unspecified atom stereocenters. The van der Waals surface area contributed by atoms with E-state index in [0.717, 1.165) is 6.08 Å². The van der Waals surface area contributed by atoms with Gasteiger partial charge >= 0.3 is 0 Å². The van der Waals surface area contributed by atoms with Crippen molar-refractivity contribution in [3.63, 3.8) is 0 Å². The van der Waals surface area contributed by atoms with E-state index < -0.39 is 15.9 Å². The summed E-state index contributed by atoms with van der Waals surface area (Å²) in [7, 11) is -3.47. The van der Waals surface area contributed by atoms with Crippen LogP contribution in [0.15, 0.2) is 11.0 Å². The first kappa shape index (κ1) is 8.26. The fourth-order valence-corrected chi connectivity index (χ4v) is 2.23. The van der Waals surface area contributed by atoms with Crippen LogP contribution < -0.4 is 4.72 Å². The molecule has 0 bridgehead atoms. The topological polar surface area (TPSA) is 63.2 Å². The van der Waals surface area contributed by atoms with Crippen LogP contribution >= 0.6 is 0 Å². The molecule has 1 heterocycles. The molecule has 5 heteroatoms. The van der Waals surface area contributed by atoms with E-state index >= 15 is 0 Å². The average molecular weight is 175 g/mol. The summed E-state index contributed by atoms with van der Waals surface area (Å²) < 4.78 is 23.9. The van der Waals surface area contributed by atoms with Gasteiger partial charge in [-0.2, -0.15) is 0 Å². The molecule has 0 spiro atoms. The van der Waals surface area contributed by atoms with Gasteiger partial charge in [0.2, 0.25) is 0 Å². The van der Waals surface area contributed by atoms with Gasteiger partial charge in [-0.1, -0.05) is 13.8 Å². The fraction of sp³-hybridized carbons (Fsp3) is 0.500. The Morgan fingerprint density at radius 2 is 2.00 bits per heavy atom. The third-order valence-corrected chi connectivity index (χ3v) is 3.07. The lowest BCUT2D eigenvalue weighted by Gasteiger charge is -2.03. The van der Waals surface area contributed by atoms with Crippen molar-refractivity contribution >= 4 is 15.9 Å². The van der Waals surface area contributed by atoms with Gasteiger partial charge in [-0.05, 0) is 5.92 Å². The minimum absolute atomic E-state index is 0.140. The third-order valence-electron chi connectivity index (χ3n) is 1.39. The second-order valence-corrected chi connectivity index (χ2v) is 4.35. The highest BCUT2D eigenvalue weighted by Gasteiger charge is 2.29. The number of allylic oxidation sites excluding steroid dienone is 1. The Bertz CT molecular complexity index is 313.